The highest BCUT2D eigenvalue weighted by Crippen LogP contribution is 2.16. The zero-order chi connectivity index (χ0) is 19.1. The van der Waals surface area contributed by atoms with Gasteiger partial charge in [-0.15, -0.1) is 0 Å². The van der Waals surface area contributed by atoms with E-state index in [1.54, 1.807) is 37.6 Å². The van der Waals surface area contributed by atoms with Crippen molar-refractivity contribution < 1.29 is 14.3 Å². The lowest BCUT2D eigenvalue weighted by Crippen LogP contribution is -2.24. The zero-order valence-corrected chi connectivity index (χ0v) is 15.4. The van der Waals surface area contributed by atoms with E-state index in [2.05, 4.69) is 10.5 Å². The summed E-state index contributed by atoms with van der Waals surface area (Å²) in [4.78, 5) is 11.8. The number of halogens is 1. The molecule has 0 saturated carbocycles. The molecule has 0 fully saturated rings. The van der Waals surface area contributed by atoms with Gasteiger partial charge < -0.3 is 14.0 Å². The lowest BCUT2D eigenvalue weighted by Gasteiger charge is -2.04. The van der Waals surface area contributed by atoms with Gasteiger partial charge in [0.15, 0.2) is 6.61 Å². The molecule has 3 aromatic rings. The van der Waals surface area contributed by atoms with Gasteiger partial charge in [-0.05, 0) is 54.6 Å². The molecule has 27 heavy (non-hydrogen) atoms. The van der Waals surface area contributed by atoms with Gasteiger partial charge in [-0.25, -0.2) is 5.43 Å². The van der Waals surface area contributed by atoms with Gasteiger partial charge in [0.1, 0.15) is 11.5 Å². The number of carbonyl (C=O) groups excluding carboxylic acids is 1. The molecule has 0 unspecified atom stereocenters. The van der Waals surface area contributed by atoms with Gasteiger partial charge in [-0.3, -0.25) is 4.79 Å². The quantitative estimate of drug-likeness (QED) is 0.500. The van der Waals surface area contributed by atoms with Crippen LogP contribution < -0.4 is 14.9 Å². The van der Waals surface area contributed by atoms with E-state index in [0.717, 1.165) is 17.0 Å². The summed E-state index contributed by atoms with van der Waals surface area (Å²) < 4.78 is 12.5. The van der Waals surface area contributed by atoms with Crippen LogP contribution in [0, 0.1) is 0 Å². The van der Waals surface area contributed by atoms with E-state index in [1.165, 1.54) is 0 Å². The second-order valence-electron chi connectivity index (χ2n) is 5.59. The molecule has 0 aliphatic carbocycles. The molecule has 0 bridgehead atoms. The number of rotatable bonds is 7. The molecule has 1 amide bonds. The van der Waals surface area contributed by atoms with Crippen molar-refractivity contribution >= 4 is 23.7 Å². The minimum Gasteiger partial charge on any atom is -0.497 e. The Morgan fingerprint density at radius 2 is 1.81 bits per heavy atom. The van der Waals surface area contributed by atoms with E-state index < -0.39 is 0 Å². The van der Waals surface area contributed by atoms with Crippen LogP contribution in [0.25, 0.3) is 5.69 Å². The topological polar surface area (TPSA) is 64.8 Å². The maximum absolute atomic E-state index is 11.8. The monoisotopic (exact) mass is 383 g/mol. The number of methoxy groups -OCH3 is 1. The molecule has 1 heterocycles. The molecule has 1 aromatic heterocycles. The van der Waals surface area contributed by atoms with Gasteiger partial charge in [-0.1, -0.05) is 11.6 Å². The summed E-state index contributed by atoms with van der Waals surface area (Å²) in [6, 6.07) is 16.4. The smallest absolute Gasteiger partial charge is 0.277 e. The summed E-state index contributed by atoms with van der Waals surface area (Å²) >= 11 is 5.79. The molecule has 0 spiro atoms. The summed E-state index contributed by atoms with van der Waals surface area (Å²) in [7, 11) is 1.63. The summed E-state index contributed by atoms with van der Waals surface area (Å²) in [5.41, 5.74) is 4.28. The van der Waals surface area contributed by atoms with E-state index in [1.807, 2.05) is 47.3 Å². The molecule has 6 nitrogen and oxygen atoms in total. The molecule has 0 aliphatic rings. The fourth-order valence-electron chi connectivity index (χ4n) is 2.30. The van der Waals surface area contributed by atoms with Crippen molar-refractivity contribution in [3.05, 3.63) is 77.6 Å². The van der Waals surface area contributed by atoms with Crippen LogP contribution >= 0.6 is 11.6 Å². The van der Waals surface area contributed by atoms with Crippen molar-refractivity contribution in [3.63, 3.8) is 0 Å². The van der Waals surface area contributed by atoms with Crippen LogP contribution in [0.1, 0.15) is 5.56 Å². The van der Waals surface area contributed by atoms with Crippen LogP contribution in [-0.4, -0.2) is 30.4 Å². The first-order chi connectivity index (χ1) is 13.1. The average Bonchev–Trinajstić information content (AvgIpc) is 3.16. The number of carbonyl (C=O) groups is 1. The van der Waals surface area contributed by atoms with E-state index in [0.29, 0.717) is 10.8 Å². The number of hydrogen-bond donors (Lipinski definition) is 1. The van der Waals surface area contributed by atoms with Crippen LogP contribution in [-0.2, 0) is 4.79 Å². The number of nitrogens with zero attached hydrogens (tertiary/aromatic N) is 2. The fraction of sp³-hybridized carbons (Fsp3) is 0.100. The van der Waals surface area contributed by atoms with E-state index in [4.69, 9.17) is 21.1 Å². The summed E-state index contributed by atoms with van der Waals surface area (Å²) in [5.74, 6) is 1.02. The third kappa shape index (κ3) is 5.36. The first-order valence-corrected chi connectivity index (χ1v) is 8.54. The average molecular weight is 384 g/mol. The Kier molecular flexibility index (Phi) is 6.12. The van der Waals surface area contributed by atoms with Crippen molar-refractivity contribution in [2.24, 2.45) is 5.10 Å². The van der Waals surface area contributed by atoms with Crippen LogP contribution in [0.5, 0.6) is 11.5 Å². The summed E-state index contributed by atoms with van der Waals surface area (Å²) in [6.07, 6.45) is 5.39. The molecule has 138 valence electrons. The Morgan fingerprint density at radius 3 is 2.52 bits per heavy atom. The van der Waals surface area contributed by atoms with Crippen molar-refractivity contribution in [2.75, 3.05) is 13.7 Å². The predicted octanol–water partition coefficient (Wildman–Crippen LogP) is 3.67. The molecule has 1 N–H and O–H groups in total. The number of benzene rings is 2. The molecule has 0 atom stereocenters. The summed E-state index contributed by atoms with van der Waals surface area (Å²) in [5, 5.41) is 4.55. The molecule has 3 rings (SSSR count). The predicted molar refractivity (Wildman–Crippen MR) is 105 cm³/mol. The second-order valence-corrected chi connectivity index (χ2v) is 6.02. The number of hydrazone groups is 1. The van der Waals surface area contributed by atoms with Crippen LogP contribution in [0.2, 0.25) is 5.02 Å². The minimum absolute atomic E-state index is 0.133. The maximum Gasteiger partial charge on any atom is 0.277 e. The SMILES string of the molecule is COc1ccc(-n2ccc(/C=N\NC(=O)COc3ccc(Cl)cc3)c2)cc1. The van der Waals surface area contributed by atoms with Gasteiger partial charge in [0, 0.05) is 28.7 Å². The van der Waals surface area contributed by atoms with Crippen LogP contribution in [0.15, 0.2) is 72.1 Å². The molecule has 0 aliphatic heterocycles. The lowest BCUT2D eigenvalue weighted by molar-refractivity contribution is -0.123. The number of nitrogens with one attached hydrogen (secondary N) is 1. The van der Waals surface area contributed by atoms with E-state index in [9.17, 15) is 4.79 Å². The number of ether oxygens (including phenoxy) is 2. The Labute approximate surface area is 162 Å². The van der Waals surface area contributed by atoms with Crippen LogP contribution in [0.3, 0.4) is 0 Å². The third-order valence-corrected chi connectivity index (χ3v) is 3.92. The highest BCUT2D eigenvalue weighted by atomic mass is 35.5. The highest BCUT2D eigenvalue weighted by molar-refractivity contribution is 6.30. The Hall–Kier alpha value is -3.25. The number of aromatic nitrogens is 1. The second kappa shape index (κ2) is 8.91. The first-order valence-electron chi connectivity index (χ1n) is 8.17. The van der Waals surface area contributed by atoms with Gasteiger partial charge in [0.25, 0.3) is 5.91 Å². The third-order valence-electron chi connectivity index (χ3n) is 3.67. The minimum atomic E-state index is -0.351. The van der Waals surface area contributed by atoms with Crippen molar-refractivity contribution in [3.8, 4) is 17.2 Å². The lowest BCUT2D eigenvalue weighted by atomic mass is 10.3. The molecule has 7 heteroatoms. The standard InChI is InChI=1S/C20H18ClN3O3/c1-26-18-8-4-17(5-9-18)24-11-10-15(13-24)12-22-23-20(25)14-27-19-6-2-16(21)3-7-19/h2-13H,14H2,1H3,(H,23,25)/b22-12-. The largest absolute Gasteiger partial charge is 0.497 e. The van der Waals surface area contributed by atoms with Gasteiger partial charge in [0.2, 0.25) is 0 Å². The molecule has 0 saturated heterocycles. The van der Waals surface area contributed by atoms with Gasteiger partial charge in [-0.2, -0.15) is 5.10 Å². The first kappa shape index (κ1) is 18.5. The van der Waals surface area contributed by atoms with Crippen molar-refractivity contribution in [1.82, 2.24) is 9.99 Å². The maximum atomic E-state index is 11.8. The Bertz CT molecular complexity index is 918. The Morgan fingerprint density at radius 1 is 1.11 bits per heavy atom. The number of hydrogen-bond acceptors (Lipinski definition) is 4. The normalized spacial score (nSPS) is 10.7. The van der Waals surface area contributed by atoms with Crippen molar-refractivity contribution in [1.29, 1.82) is 0 Å². The fourth-order valence-corrected chi connectivity index (χ4v) is 2.42. The molecule has 2 aromatic carbocycles. The zero-order valence-electron chi connectivity index (χ0n) is 14.6. The number of amides is 1. The highest BCUT2D eigenvalue weighted by Gasteiger charge is 2.02. The molecular weight excluding hydrogens is 366 g/mol. The van der Waals surface area contributed by atoms with Crippen molar-refractivity contribution in [2.45, 2.75) is 0 Å². The summed E-state index contributed by atoms with van der Waals surface area (Å²) in [6.45, 7) is -0.133. The van der Waals surface area contributed by atoms with Gasteiger partial charge in [0.05, 0.1) is 13.3 Å². The van der Waals surface area contributed by atoms with E-state index >= 15 is 0 Å². The molecule has 0 radical (unpaired) electrons. The van der Waals surface area contributed by atoms with Crippen LogP contribution in [0.4, 0.5) is 0 Å². The Balaban J connectivity index is 1.50. The molecular formula is C20H18ClN3O3. The van der Waals surface area contributed by atoms with E-state index in [-0.39, 0.29) is 12.5 Å². The van der Waals surface area contributed by atoms with Gasteiger partial charge >= 0.3 is 0 Å².